The van der Waals surface area contributed by atoms with E-state index >= 15 is 0 Å². The highest BCUT2D eigenvalue weighted by molar-refractivity contribution is 7.92. The van der Waals surface area contributed by atoms with Crippen molar-refractivity contribution in [2.24, 2.45) is 0 Å². The predicted octanol–water partition coefficient (Wildman–Crippen LogP) is 9.56. The zero-order chi connectivity index (χ0) is 35.3. The minimum absolute atomic E-state index is 0.207. The van der Waals surface area contributed by atoms with Crippen molar-refractivity contribution in [3.05, 3.63) is 128 Å². The zero-order valence-corrected chi connectivity index (χ0v) is 31.5. The lowest BCUT2D eigenvalue weighted by Crippen LogP contribution is -2.31. The number of halogens is 2. The average Bonchev–Trinajstić information content (AvgIpc) is 3.10. The maximum absolute atomic E-state index is 13.3. The lowest BCUT2D eigenvalue weighted by atomic mass is 10.0. The summed E-state index contributed by atoms with van der Waals surface area (Å²) in [5.41, 5.74) is 5.57. The summed E-state index contributed by atoms with van der Waals surface area (Å²) in [6.45, 7) is 8.58. The Kier molecular flexibility index (Phi) is 12.3. The van der Waals surface area contributed by atoms with Crippen LogP contribution in [-0.4, -0.2) is 40.5 Å². The second-order valence-corrected chi connectivity index (χ2v) is 18.2. The molecule has 0 aromatic heterocycles. The third kappa shape index (κ3) is 8.96. The van der Waals surface area contributed by atoms with E-state index in [-0.39, 0.29) is 12.2 Å². The van der Waals surface area contributed by atoms with Crippen LogP contribution in [0.5, 0.6) is 0 Å². The van der Waals surface area contributed by atoms with Crippen LogP contribution in [0, 0.1) is 20.8 Å². The highest BCUT2D eigenvalue weighted by atomic mass is 35.5. The molecule has 2 aliphatic heterocycles. The molecule has 0 bridgehead atoms. The van der Waals surface area contributed by atoms with E-state index in [1.807, 2.05) is 100 Å². The molecule has 0 N–H and O–H groups in total. The maximum atomic E-state index is 13.3. The number of benzene rings is 4. The van der Waals surface area contributed by atoms with E-state index in [4.69, 9.17) is 32.7 Å². The van der Waals surface area contributed by atoms with Gasteiger partial charge in [-0.2, -0.15) is 0 Å². The van der Waals surface area contributed by atoms with Crippen LogP contribution in [0.2, 0.25) is 10.0 Å². The van der Waals surface area contributed by atoms with Gasteiger partial charge >= 0.3 is 0 Å². The molecule has 4 aromatic carbocycles. The molecule has 2 heterocycles. The van der Waals surface area contributed by atoms with Crippen molar-refractivity contribution in [2.45, 2.75) is 92.3 Å². The van der Waals surface area contributed by atoms with Crippen LogP contribution >= 0.6 is 23.2 Å². The number of sulfone groups is 2. The Balaban J connectivity index is 0.000000191. The summed E-state index contributed by atoms with van der Waals surface area (Å²) in [7, 11) is -6.75. The van der Waals surface area contributed by atoms with E-state index in [9.17, 15) is 16.8 Å². The highest BCUT2D eigenvalue weighted by Crippen LogP contribution is 2.37. The Morgan fingerprint density at radius 2 is 1.04 bits per heavy atom. The van der Waals surface area contributed by atoms with E-state index < -0.39 is 30.2 Å². The smallest absolute Gasteiger partial charge is 0.181 e. The van der Waals surface area contributed by atoms with Gasteiger partial charge in [0.15, 0.2) is 19.7 Å². The lowest BCUT2D eigenvalue weighted by Gasteiger charge is -2.30. The monoisotopic (exact) mass is 742 g/mol. The Morgan fingerprint density at radius 3 is 1.51 bits per heavy atom. The van der Waals surface area contributed by atoms with Gasteiger partial charge in [0.2, 0.25) is 0 Å². The average molecular weight is 744 g/mol. The van der Waals surface area contributed by atoms with Crippen molar-refractivity contribution in [1.29, 1.82) is 0 Å². The summed E-state index contributed by atoms with van der Waals surface area (Å²) >= 11 is 11.9. The molecular weight excluding hydrogens is 699 g/mol. The Labute approximate surface area is 301 Å². The first-order valence-electron chi connectivity index (χ1n) is 16.7. The molecule has 0 spiro atoms. The van der Waals surface area contributed by atoms with E-state index in [1.54, 1.807) is 12.1 Å². The summed E-state index contributed by atoms with van der Waals surface area (Å²) in [4.78, 5) is 0.931. The molecule has 0 aliphatic carbocycles. The molecule has 6 rings (SSSR count). The Morgan fingerprint density at radius 1 is 0.612 bits per heavy atom. The van der Waals surface area contributed by atoms with Crippen LogP contribution in [0.4, 0.5) is 0 Å². The van der Waals surface area contributed by atoms with Crippen LogP contribution < -0.4 is 0 Å². The zero-order valence-electron chi connectivity index (χ0n) is 28.4. The van der Waals surface area contributed by atoms with Gasteiger partial charge in [-0.15, -0.1) is 0 Å². The third-order valence-corrected chi connectivity index (χ3v) is 14.6. The van der Waals surface area contributed by atoms with Gasteiger partial charge in [0, 0.05) is 23.3 Å². The van der Waals surface area contributed by atoms with E-state index in [1.165, 1.54) is 0 Å². The summed E-state index contributed by atoms with van der Waals surface area (Å²) in [5, 5.41) is 0.478. The molecule has 4 aromatic rings. The Bertz CT molecular complexity index is 1960. The highest BCUT2D eigenvalue weighted by Gasteiger charge is 2.36. The SMILES string of the molecule is CCc1ccc(C)cc1S(=O)(=O)C1CCOC(c2ccc(Cl)cc2)C1.Cc1ccc(C)c(S(=O)(=O)C2CCOC(c3ccc(Cl)cc3)C2)c1. The van der Waals surface area contributed by atoms with E-state index in [0.717, 1.165) is 33.4 Å². The van der Waals surface area contributed by atoms with Crippen LogP contribution in [-0.2, 0) is 35.6 Å². The summed E-state index contributed by atoms with van der Waals surface area (Å²) in [6.07, 6.45) is 2.29. The number of hydrogen-bond donors (Lipinski definition) is 0. The topological polar surface area (TPSA) is 86.7 Å². The van der Waals surface area contributed by atoms with Gasteiger partial charge in [-0.1, -0.05) is 78.7 Å². The van der Waals surface area contributed by atoms with E-state index in [0.29, 0.717) is 65.2 Å². The van der Waals surface area contributed by atoms with Gasteiger partial charge in [0.05, 0.1) is 32.5 Å². The first-order chi connectivity index (χ1) is 23.3. The van der Waals surface area contributed by atoms with Gasteiger partial charge in [0.1, 0.15) is 0 Å². The molecule has 10 heteroatoms. The summed E-state index contributed by atoms with van der Waals surface area (Å²) in [5.74, 6) is 0. The van der Waals surface area contributed by atoms with Crippen LogP contribution in [0.15, 0.2) is 94.7 Å². The molecule has 0 radical (unpaired) electrons. The molecule has 0 saturated carbocycles. The standard InChI is InChI=1S/C20H23ClO3S.C19H21ClO3S/c1-3-15-5-4-14(2)12-20(15)25(22,23)18-10-11-24-19(13-18)16-6-8-17(21)9-7-16;1-13-3-4-14(2)19(11-13)24(21,22)17-9-10-23-18(12-17)15-5-7-16(20)8-6-15/h4-9,12,18-19H,3,10-11,13H2,1-2H3;3-8,11,17-18H,9-10,12H2,1-2H3. The number of aryl methyl sites for hydroxylation is 4. The normalized spacial score (nSPS) is 21.4. The van der Waals surface area contributed by atoms with Crippen molar-refractivity contribution in [2.75, 3.05) is 13.2 Å². The van der Waals surface area contributed by atoms with Crippen molar-refractivity contribution in [3.63, 3.8) is 0 Å². The molecule has 262 valence electrons. The quantitative estimate of drug-likeness (QED) is 0.188. The summed E-state index contributed by atoms with van der Waals surface area (Å²) in [6, 6.07) is 26.2. The fourth-order valence-electron chi connectivity index (χ4n) is 6.51. The molecule has 2 fully saturated rings. The third-order valence-electron chi connectivity index (χ3n) is 9.39. The number of ether oxygens (including phenoxy) is 2. The van der Waals surface area contributed by atoms with Gasteiger partial charge in [0.25, 0.3) is 0 Å². The van der Waals surface area contributed by atoms with Crippen molar-refractivity contribution >= 4 is 42.9 Å². The van der Waals surface area contributed by atoms with Crippen molar-refractivity contribution < 1.29 is 26.3 Å². The fraction of sp³-hybridized carbons (Fsp3) is 0.385. The second-order valence-electron chi connectivity index (χ2n) is 12.9. The molecule has 6 nitrogen and oxygen atoms in total. The van der Waals surface area contributed by atoms with E-state index in [2.05, 4.69) is 0 Å². The van der Waals surface area contributed by atoms with Crippen molar-refractivity contribution in [3.8, 4) is 0 Å². The van der Waals surface area contributed by atoms with Crippen molar-refractivity contribution in [1.82, 2.24) is 0 Å². The van der Waals surface area contributed by atoms with Crippen LogP contribution in [0.3, 0.4) is 0 Å². The first-order valence-corrected chi connectivity index (χ1v) is 20.5. The predicted molar refractivity (Wildman–Crippen MR) is 197 cm³/mol. The minimum atomic E-state index is -3.38. The first kappa shape index (κ1) is 37.5. The second kappa shape index (κ2) is 16.1. The Hall–Kier alpha value is -2.72. The number of rotatable bonds is 7. The molecule has 4 atom stereocenters. The molecule has 0 amide bonds. The van der Waals surface area contributed by atoms with Gasteiger partial charge in [-0.3, -0.25) is 0 Å². The molecule has 4 unspecified atom stereocenters. The van der Waals surface area contributed by atoms with Gasteiger partial charge in [-0.05, 0) is 123 Å². The minimum Gasteiger partial charge on any atom is -0.373 e. The molecule has 2 saturated heterocycles. The van der Waals surface area contributed by atoms with Crippen LogP contribution in [0.25, 0.3) is 0 Å². The molecule has 2 aliphatic rings. The lowest BCUT2D eigenvalue weighted by molar-refractivity contribution is 0.0165. The van der Waals surface area contributed by atoms with Crippen LogP contribution in [0.1, 0.15) is 78.2 Å². The fourth-order valence-corrected chi connectivity index (χ4v) is 10.9. The molecule has 49 heavy (non-hydrogen) atoms. The van der Waals surface area contributed by atoms with Gasteiger partial charge < -0.3 is 9.47 Å². The largest absolute Gasteiger partial charge is 0.373 e. The molecular formula is C39H44Cl2O6S2. The summed E-state index contributed by atoms with van der Waals surface area (Å²) < 4.78 is 64.4. The maximum Gasteiger partial charge on any atom is 0.181 e. The number of hydrogen-bond acceptors (Lipinski definition) is 6. The van der Waals surface area contributed by atoms with Gasteiger partial charge in [-0.25, -0.2) is 16.8 Å².